The van der Waals surface area contributed by atoms with Crippen LogP contribution in [0.2, 0.25) is 0 Å². The molecule has 9 nitrogen and oxygen atoms in total. The van der Waals surface area contributed by atoms with Gasteiger partial charge in [-0.25, -0.2) is 21.8 Å². The molecule has 0 aliphatic carbocycles. The maximum absolute atomic E-state index is 12.7. The zero-order chi connectivity index (χ0) is 20.4. The van der Waals surface area contributed by atoms with Gasteiger partial charge in [-0.15, -0.1) is 0 Å². The van der Waals surface area contributed by atoms with E-state index in [2.05, 4.69) is 9.71 Å². The summed E-state index contributed by atoms with van der Waals surface area (Å²) in [4.78, 5) is 3.83. The lowest BCUT2D eigenvalue weighted by Crippen LogP contribution is -2.28. The summed E-state index contributed by atoms with van der Waals surface area (Å²) in [7, 11) is -4.91. The van der Waals surface area contributed by atoms with Gasteiger partial charge in [-0.1, -0.05) is 0 Å². The predicted molar refractivity (Wildman–Crippen MR) is 103 cm³/mol. The Bertz CT molecular complexity index is 1040. The molecule has 0 spiro atoms. The lowest BCUT2D eigenvalue weighted by atomic mass is 10.3. The summed E-state index contributed by atoms with van der Waals surface area (Å²) in [6, 6.07) is 6.76. The van der Waals surface area contributed by atoms with Gasteiger partial charge in [0.1, 0.15) is 17.3 Å². The molecule has 152 valence electrons. The Morgan fingerprint density at radius 2 is 1.54 bits per heavy atom. The van der Waals surface area contributed by atoms with Crippen LogP contribution in [0.5, 0.6) is 11.5 Å². The normalized spacial score (nSPS) is 15.4. The van der Waals surface area contributed by atoms with Crippen LogP contribution in [-0.2, 0) is 20.0 Å². The van der Waals surface area contributed by atoms with Crippen LogP contribution >= 0.6 is 0 Å². The molecule has 2 aromatic rings. The van der Waals surface area contributed by atoms with Crippen LogP contribution in [0.3, 0.4) is 0 Å². The molecule has 1 aromatic heterocycles. The van der Waals surface area contributed by atoms with Crippen LogP contribution in [0.25, 0.3) is 0 Å². The van der Waals surface area contributed by atoms with E-state index in [0.29, 0.717) is 24.6 Å². The fourth-order valence-electron chi connectivity index (χ4n) is 2.84. The number of hydrogen-bond donors (Lipinski definition) is 1. The third kappa shape index (κ3) is 4.21. The van der Waals surface area contributed by atoms with E-state index in [0.717, 1.165) is 12.8 Å². The van der Waals surface area contributed by atoms with Crippen molar-refractivity contribution in [3.63, 3.8) is 0 Å². The SMILES string of the molecule is COc1cc(OC)cc(S(=O)(=O)Nc2cc(S(=O)(=O)N3CCCC3)ccn2)c1. The molecule has 1 aliphatic heterocycles. The van der Waals surface area contributed by atoms with Gasteiger partial charge in [0.05, 0.1) is 24.0 Å². The molecule has 1 aromatic carbocycles. The molecule has 0 saturated carbocycles. The van der Waals surface area contributed by atoms with Gasteiger partial charge >= 0.3 is 0 Å². The predicted octanol–water partition coefficient (Wildman–Crippen LogP) is 1.68. The second-order valence-electron chi connectivity index (χ2n) is 6.14. The van der Waals surface area contributed by atoms with Crippen LogP contribution in [0, 0.1) is 0 Å². The Labute approximate surface area is 164 Å². The average Bonchev–Trinajstić information content (AvgIpc) is 3.23. The Morgan fingerprint density at radius 1 is 0.929 bits per heavy atom. The Hall–Kier alpha value is -2.37. The largest absolute Gasteiger partial charge is 0.497 e. The highest BCUT2D eigenvalue weighted by Gasteiger charge is 2.28. The van der Waals surface area contributed by atoms with Crippen molar-refractivity contribution in [3.8, 4) is 11.5 Å². The minimum atomic E-state index is -4.04. The summed E-state index contributed by atoms with van der Waals surface area (Å²) in [6.45, 7) is 0.907. The van der Waals surface area contributed by atoms with Gasteiger partial charge in [-0.3, -0.25) is 4.72 Å². The van der Waals surface area contributed by atoms with Crippen molar-refractivity contribution in [1.82, 2.24) is 9.29 Å². The van der Waals surface area contributed by atoms with Crippen LogP contribution in [0.1, 0.15) is 12.8 Å². The number of nitrogens with zero attached hydrogens (tertiary/aromatic N) is 2. The first kappa shape index (κ1) is 20.4. The first-order chi connectivity index (χ1) is 13.3. The molecule has 0 amide bonds. The van der Waals surface area contributed by atoms with Gasteiger partial charge in [-0.2, -0.15) is 4.31 Å². The Balaban J connectivity index is 1.91. The van der Waals surface area contributed by atoms with Crippen molar-refractivity contribution in [2.45, 2.75) is 22.6 Å². The number of benzene rings is 1. The monoisotopic (exact) mass is 427 g/mol. The first-order valence-electron chi connectivity index (χ1n) is 8.48. The lowest BCUT2D eigenvalue weighted by Gasteiger charge is -2.16. The van der Waals surface area contributed by atoms with Gasteiger partial charge in [0.2, 0.25) is 10.0 Å². The topological polar surface area (TPSA) is 115 Å². The summed E-state index contributed by atoms with van der Waals surface area (Å²) in [5.74, 6) is 0.512. The van der Waals surface area contributed by atoms with Gasteiger partial charge in [0, 0.05) is 43.6 Å². The third-order valence-corrected chi connectivity index (χ3v) is 7.54. The summed E-state index contributed by atoms with van der Waals surface area (Å²) >= 11 is 0. The number of hydrogen-bond acceptors (Lipinski definition) is 7. The van der Waals surface area contributed by atoms with Crippen LogP contribution in [0.4, 0.5) is 5.82 Å². The second-order valence-corrected chi connectivity index (χ2v) is 9.76. The van der Waals surface area contributed by atoms with E-state index < -0.39 is 20.0 Å². The standard InChI is InChI=1S/C17H21N3O6S2/c1-25-13-9-14(26-2)11-16(10-13)27(21,22)19-17-12-15(5-6-18-17)28(23,24)20-7-3-4-8-20/h5-6,9-12H,3-4,7-8H2,1-2H3,(H,18,19). The molecule has 1 aliphatic rings. The van der Waals surface area contributed by atoms with Crippen molar-refractivity contribution in [1.29, 1.82) is 0 Å². The number of anilines is 1. The quantitative estimate of drug-likeness (QED) is 0.715. The summed E-state index contributed by atoms with van der Waals surface area (Å²) in [5, 5.41) is 0. The fraction of sp³-hybridized carbons (Fsp3) is 0.353. The van der Waals surface area contributed by atoms with E-state index in [-0.39, 0.29) is 15.6 Å². The van der Waals surface area contributed by atoms with Crippen molar-refractivity contribution in [2.75, 3.05) is 32.0 Å². The van der Waals surface area contributed by atoms with E-state index in [1.165, 1.54) is 49.0 Å². The third-order valence-electron chi connectivity index (χ3n) is 4.31. The summed E-state index contributed by atoms with van der Waals surface area (Å²) in [6.07, 6.45) is 2.87. The van der Waals surface area contributed by atoms with Crippen molar-refractivity contribution in [2.24, 2.45) is 0 Å². The molecular weight excluding hydrogens is 406 g/mol. The van der Waals surface area contributed by atoms with E-state index in [1.807, 2.05) is 0 Å². The van der Waals surface area contributed by atoms with Crippen molar-refractivity contribution >= 4 is 25.9 Å². The van der Waals surface area contributed by atoms with E-state index in [9.17, 15) is 16.8 Å². The molecule has 28 heavy (non-hydrogen) atoms. The average molecular weight is 428 g/mol. The molecule has 0 unspecified atom stereocenters. The van der Waals surface area contributed by atoms with Gasteiger partial charge < -0.3 is 9.47 Å². The first-order valence-corrected chi connectivity index (χ1v) is 11.4. The van der Waals surface area contributed by atoms with E-state index >= 15 is 0 Å². The number of ether oxygens (including phenoxy) is 2. The number of methoxy groups -OCH3 is 2. The van der Waals surface area contributed by atoms with Crippen molar-refractivity contribution in [3.05, 3.63) is 36.5 Å². The van der Waals surface area contributed by atoms with Gasteiger partial charge in [-0.05, 0) is 18.9 Å². The molecule has 1 N–H and O–H groups in total. The second kappa shape index (κ2) is 7.94. The summed E-state index contributed by atoms with van der Waals surface area (Å²) in [5.41, 5.74) is 0. The van der Waals surface area contributed by atoms with Crippen molar-refractivity contribution < 1.29 is 26.3 Å². The maximum atomic E-state index is 12.7. The maximum Gasteiger partial charge on any atom is 0.263 e. The van der Waals surface area contributed by atoms with E-state index in [1.54, 1.807) is 6.07 Å². The molecule has 0 bridgehead atoms. The number of pyridine rings is 1. The van der Waals surface area contributed by atoms with E-state index in [4.69, 9.17) is 9.47 Å². The molecule has 2 heterocycles. The molecule has 1 fully saturated rings. The van der Waals surface area contributed by atoms with Crippen LogP contribution < -0.4 is 14.2 Å². The van der Waals surface area contributed by atoms with Crippen LogP contribution in [-0.4, -0.2) is 53.4 Å². The number of sulfonamides is 2. The number of nitrogens with one attached hydrogen (secondary N) is 1. The molecule has 1 saturated heterocycles. The smallest absolute Gasteiger partial charge is 0.263 e. The highest BCUT2D eigenvalue weighted by Crippen LogP contribution is 2.27. The highest BCUT2D eigenvalue weighted by molar-refractivity contribution is 7.92. The van der Waals surface area contributed by atoms with Gasteiger partial charge in [0.25, 0.3) is 10.0 Å². The zero-order valence-corrected chi connectivity index (χ0v) is 17.1. The molecule has 3 rings (SSSR count). The molecule has 0 radical (unpaired) electrons. The lowest BCUT2D eigenvalue weighted by molar-refractivity contribution is 0.392. The minimum Gasteiger partial charge on any atom is -0.497 e. The highest BCUT2D eigenvalue weighted by atomic mass is 32.2. The summed E-state index contributed by atoms with van der Waals surface area (Å²) < 4.78 is 64.7. The molecular formula is C17H21N3O6S2. The Kier molecular flexibility index (Phi) is 5.77. The zero-order valence-electron chi connectivity index (χ0n) is 15.5. The number of rotatable bonds is 7. The fourth-order valence-corrected chi connectivity index (χ4v) is 5.42. The van der Waals surface area contributed by atoms with Crippen LogP contribution in [0.15, 0.2) is 46.3 Å². The minimum absolute atomic E-state index is 0.00896. The Morgan fingerprint density at radius 3 is 2.11 bits per heavy atom. The number of aromatic nitrogens is 1. The molecule has 0 atom stereocenters. The van der Waals surface area contributed by atoms with Gasteiger partial charge in [0.15, 0.2) is 0 Å². The molecule has 11 heteroatoms.